The minimum atomic E-state index is 0.575. The lowest BCUT2D eigenvalue weighted by Gasteiger charge is -2.35. The number of hydrogen-bond donors (Lipinski definition) is 0. The van der Waals surface area contributed by atoms with E-state index in [1.54, 1.807) is 0 Å². The van der Waals surface area contributed by atoms with Gasteiger partial charge in [-0.15, -0.1) is 0 Å². The summed E-state index contributed by atoms with van der Waals surface area (Å²) in [6.45, 7) is 4.72. The molecular formula is C17H22N2. The van der Waals surface area contributed by atoms with Gasteiger partial charge in [0.05, 0.1) is 5.52 Å². The van der Waals surface area contributed by atoms with Crippen LogP contribution < -0.4 is 0 Å². The molecular weight excluding hydrogens is 232 g/mol. The Kier molecular flexibility index (Phi) is 3.79. The van der Waals surface area contributed by atoms with E-state index in [0.717, 1.165) is 5.52 Å². The van der Waals surface area contributed by atoms with Crippen LogP contribution in [0.2, 0.25) is 0 Å². The maximum atomic E-state index is 4.62. The van der Waals surface area contributed by atoms with Gasteiger partial charge in [-0.25, -0.2) is 0 Å². The zero-order valence-corrected chi connectivity index (χ0v) is 11.7. The van der Waals surface area contributed by atoms with E-state index in [0.29, 0.717) is 6.04 Å². The molecule has 0 saturated carbocycles. The second-order valence-electron chi connectivity index (χ2n) is 5.51. The summed E-state index contributed by atoms with van der Waals surface area (Å²) in [5, 5.41) is 1.27. The fourth-order valence-electron chi connectivity index (χ4n) is 3.19. The van der Waals surface area contributed by atoms with Crippen molar-refractivity contribution < 1.29 is 0 Å². The highest BCUT2D eigenvalue weighted by atomic mass is 15.2. The fraction of sp³-hybridized carbons (Fsp3) is 0.471. The van der Waals surface area contributed by atoms with E-state index in [-0.39, 0.29) is 0 Å². The van der Waals surface area contributed by atoms with Gasteiger partial charge in [-0.1, -0.05) is 31.5 Å². The smallest absolute Gasteiger partial charge is 0.0702 e. The van der Waals surface area contributed by atoms with Crippen molar-refractivity contribution in [3.63, 3.8) is 0 Å². The van der Waals surface area contributed by atoms with Crippen LogP contribution in [-0.2, 0) is 0 Å². The van der Waals surface area contributed by atoms with Gasteiger partial charge in [-0.05, 0) is 50.0 Å². The molecule has 0 amide bonds. The van der Waals surface area contributed by atoms with Gasteiger partial charge in [0, 0.05) is 17.6 Å². The van der Waals surface area contributed by atoms with Crippen molar-refractivity contribution in [2.24, 2.45) is 0 Å². The first-order valence-corrected chi connectivity index (χ1v) is 7.47. The largest absolute Gasteiger partial charge is 0.296 e. The van der Waals surface area contributed by atoms with Crippen molar-refractivity contribution >= 4 is 10.9 Å². The fourth-order valence-corrected chi connectivity index (χ4v) is 3.19. The Hall–Kier alpha value is -1.41. The van der Waals surface area contributed by atoms with Gasteiger partial charge in [0.1, 0.15) is 0 Å². The molecule has 1 unspecified atom stereocenters. The molecule has 19 heavy (non-hydrogen) atoms. The summed E-state index contributed by atoms with van der Waals surface area (Å²) in [6, 6.07) is 11.3. The summed E-state index contributed by atoms with van der Waals surface area (Å²) in [5.41, 5.74) is 2.50. The highest BCUT2D eigenvalue weighted by Gasteiger charge is 2.23. The number of hydrogen-bond acceptors (Lipinski definition) is 2. The lowest BCUT2D eigenvalue weighted by Crippen LogP contribution is -2.34. The Morgan fingerprint density at radius 3 is 3.05 bits per heavy atom. The number of para-hydroxylation sites is 1. The van der Waals surface area contributed by atoms with Crippen LogP contribution >= 0.6 is 0 Å². The summed E-state index contributed by atoms with van der Waals surface area (Å²) in [5.74, 6) is 0. The lowest BCUT2D eigenvalue weighted by atomic mass is 9.95. The molecule has 1 aliphatic rings. The second-order valence-corrected chi connectivity index (χ2v) is 5.51. The number of benzene rings is 1. The van der Waals surface area contributed by atoms with Crippen LogP contribution in [0, 0.1) is 0 Å². The van der Waals surface area contributed by atoms with Crippen LogP contribution in [-0.4, -0.2) is 23.0 Å². The molecule has 0 aliphatic carbocycles. The molecule has 100 valence electrons. The van der Waals surface area contributed by atoms with Crippen molar-refractivity contribution in [2.45, 2.75) is 38.6 Å². The van der Waals surface area contributed by atoms with E-state index in [4.69, 9.17) is 0 Å². The van der Waals surface area contributed by atoms with Crippen molar-refractivity contribution in [3.8, 4) is 0 Å². The van der Waals surface area contributed by atoms with Gasteiger partial charge in [0.25, 0.3) is 0 Å². The van der Waals surface area contributed by atoms with E-state index in [1.807, 2.05) is 0 Å². The molecule has 0 N–H and O–H groups in total. The molecule has 1 saturated heterocycles. The van der Waals surface area contributed by atoms with E-state index in [1.165, 1.54) is 49.7 Å². The summed E-state index contributed by atoms with van der Waals surface area (Å²) in [4.78, 5) is 7.26. The number of rotatable bonds is 3. The Morgan fingerprint density at radius 1 is 1.26 bits per heavy atom. The van der Waals surface area contributed by atoms with Crippen LogP contribution in [0.3, 0.4) is 0 Å². The molecule has 1 aliphatic heterocycles. The van der Waals surface area contributed by atoms with E-state index < -0.39 is 0 Å². The Bertz CT molecular complexity index is 548. The minimum Gasteiger partial charge on any atom is -0.296 e. The molecule has 0 bridgehead atoms. The maximum Gasteiger partial charge on any atom is 0.0702 e. The van der Waals surface area contributed by atoms with Gasteiger partial charge >= 0.3 is 0 Å². The zero-order chi connectivity index (χ0) is 13.1. The normalized spacial score (nSPS) is 20.8. The van der Waals surface area contributed by atoms with Gasteiger partial charge < -0.3 is 0 Å². The molecule has 2 heterocycles. The van der Waals surface area contributed by atoms with E-state index in [2.05, 4.69) is 53.3 Å². The molecule has 0 spiro atoms. The summed E-state index contributed by atoms with van der Waals surface area (Å²) in [7, 11) is 0. The van der Waals surface area contributed by atoms with Crippen molar-refractivity contribution in [3.05, 3.63) is 42.1 Å². The first kappa shape index (κ1) is 12.6. The average molecular weight is 254 g/mol. The van der Waals surface area contributed by atoms with Crippen molar-refractivity contribution in [2.75, 3.05) is 13.1 Å². The molecule has 1 fully saturated rings. The molecule has 2 aromatic rings. The first-order chi connectivity index (χ1) is 9.38. The van der Waals surface area contributed by atoms with Gasteiger partial charge in [0.2, 0.25) is 0 Å². The molecule has 2 nitrogen and oxygen atoms in total. The zero-order valence-electron chi connectivity index (χ0n) is 11.7. The van der Waals surface area contributed by atoms with Crippen molar-refractivity contribution in [1.82, 2.24) is 9.88 Å². The quantitative estimate of drug-likeness (QED) is 0.817. The maximum absolute atomic E-state index is 4.62. The SMILES string of the molecule is CCCN1CCCCC1c1cnc2ccccc2c1. The number of fused-ring (bicyclic) bond motifs is 1. The third kappa shape index (κ3) is 2.64. The summed E-state index contributed by atoms with van der Waals surface area (Å²) < 4.78 is 0. The Morgan fingerprint density at radius 2 is 2.16 bits per heavy atom. The topological polar surface area (TPSA) is 16.1 Å². The van der Waals surface area contributed by atoms with E-state index >= 15 is 0 Å². The van der Waals surface area contributed by atoms with Gasteiger partial charge in [0.15, 0.2) is 0 Å². The standard InChI is InChI=1S/C17H22N2/c1-2-10-19-11-6-5-9-17(19)15-12-14-7-3-4-8-16(14)18-13-15/h3-4,7-8,12-13,17H,2,5-6,9-11H2,1H3. The van der Waals surface area contributed by atoms with E-state index in [9.17, 15) is 0 Å². The van der Waals surface area contributed by atoms with Gasteiger partial charge in [-0.2, -0.15) is 0 Å². The molecule has 1 aromatic carbocycles. The van der Waals surface area contributed by atoms with Crippen LogP contribution in [0.15, 0.2) is 36.5 Å². The van der Waals surface area contributed by atoms with Gasteiger partial charge in [-0.3, -0.25) is 9.88 Å². The number of aromatic nitrogens is 1. The third-order valence-corrected chi connectivity index (χ3v) is 4.12. The molecule has 2 heteroatoms. The number of likely N-dealkylation sites (tertiary alicyclic amines) is 1. The number of pyridine rings is 1. The lowest BCUT2D eigenvalue weighted by molar-refractivity contribution is 0.149. The first-order valence-electron chi connectivity index (χ1n) is 7.47. The second kappa shape index (κ2) is 5.70. The third-order valence-electron chi connectivity index (χ3n) is 4.12. The summed E-state index contributed by atoms with van der Waals surface area (Å²) in [6.07, 6.45) is 7.29. The van der Waals surface area contributed by atoms with Crippen LogP contribution in [0.4, 0.5) is 0 Å². The van der Waals surface area contributed by atoms with Crippen LogP contribution in [0.5, 0.6) is 0 Å². The summed E-state index contributed by atoms with van der Waals surface area (Å²) >= 11 is 0. The Balaban J connectivity index is 1.92. The highest BCUT2D eigenvalue weighted by Crippen LogP contribution is 2.31. The van der Waals surface area contributed by atoms with Crippen molar-refractivity contribution in [1.29, 1.82) is 0 Å². The number of piperidine rings is 1. The molecule has 1 aromatic heterocycles. The Labute approximate surface area is 115 Å². The highest BCUT2D eigenvalue weighted by molar-refractivity contribution is 5.78. The predicted octanol–water partition coefficient (Wildman–Crippen LogP) is 4.17. The molecule has 3 rings (SSSR count). The average Bonchev–Trinajstić information content (AvgIpc) is 2.48. The molecule has 0 radical (unpaired) electrons. The monoisotopic (exact) mass is 254 g/mol. The number of nitrogens with zero attached hydrogens (tertiary/aromatic N) is 2. The predicted molar refractivity (Wildman–Crippen MR) is 80.2 cm³/mol. The molecule has 1 atom stereocenters. The minimum absolute atomic E-state index is 0.575. The van der Waals surface area contributed by atoms with Crippen LogP contribution in [0.1, 0.15) is 44.2 Å². The van der Waals surface area contributed by atoms with Crippen LogP contribution in [0.25, 0.3) is 10.9 Å².